The maximum absolute atomic E-state index is 11.1. The molecule has 6 nitrogen and oxygen atoms in total. The smallest absolute Gasteiger partial charge is 0.335 e. The van der Waals surface area contributed by atoms with E-state index in [9.17, 15) is 14.7 Å². The molecule has 2 rings (SSSR count). The van der Waals surface area contributed by atoms with Gasteiger partial charge >= 0.3 is 11.9 Å². The lowest BCUT2D eigenvalue weighted by atomic mass is 9.97. The SMILES string of the molecule is NC(Cc1cc(Cl)c(O)c(-c2cccc(C(=O)O)c2)c1)C(=O)O. The standard InChI is InChI=1S/C16H14ClNO5/c17-12-5-8(6-13(18)16(22)23)4-11(14(12)19)9-2-1-3-10(7-9)15(20)21/h1-5,7,13,19H,6,18H2,(H,20,21)(H,22,23). The molecule has 0 bridgehead atoms. The summed E-state index contributed by atoms with van der Waals surface area (Å²) in [6, 6.07) is 7.87. The van der Waals surface area contributed by atoms with E-state index in [0.29, 0.717) is 16.7 Å². The van der Waals surface area contributed by atoms with Gasteiger partial charge in [0.25, 0.3) is 0 Å². The van der Waals surface area contributed by atoms with Crippen LogP contribution in [-0.2, 0) is 11.2 Å². The van der Waals surface area contributed by atoms with Crippen molar-refractivity contribution in [3.63, 3.8) is 0 Å². The van der Waals surface area contributed by atoms with Gasteiger partial charge in [0, 0.05) is 5.56 Å². The summed E-state index contributed by atoms with van der Waals surface area (Å²) in [5.74, 6) is -2.45. The summed E-state index contributed by atoms with van der Waals surface area (Å²) in [6.45, 7) is 0. The average Bonchev–Trinajstić information content (AvgIpc) is 2.50. The summed E-state index contributed by atoms with van der Waals surface area (Å²) in [5.41, 5.74) is 6.86. The minimum absolute atomic E-state index is 0.0287. The second-order valence-electron chi connectivity index (χ2n) is 5.01. The van der Waals surface area contributed by atoms with Crippen LogP contribution in [0.15, 0.2) is 36.4 Å². The van der Waals surface area contributed by atoms with Crippen molar-refractivity contribution in [3.8, 4) is 16.9 Å². The lowest BCUT2D eigenvalue weighted by Crippen LogP contribution is -2.32. The summed E-state index contributed by atoms with van der Waals surface area (Å²) < 4.78 is 0. The average molecular weight is 336 g/mol. The predicted molar refractivity (Wildman–Crippen MR) is 84.8 cm³/mol. The predicted octanol–water partition coefficient (Wildman–Crippen LogP) is 2.37. The van der Waals surface area contributed by atoms with Gasteiger partial charge in [-0.1, -0.05) is 23.7 Å². The molecule has 0 saturated carbocycles. The zero-order valence-corrected chi connectivity index (χ0v) is 12.6. The molecule has 0 fully saturated rings. The molecule has 2 aromatic carbocycles. The largest absolute Gasteiger partial charge is 0.506 e. The zero-order chi connectivity index (χ0) is 17.1. The fourth-order valence-electron chi connectivity index (χ4n) is 2.15. The molecule has 0 spiro atoms. The van der Waals surface area contributed by atoms with Gasteiger partial charge in [0.15, 0.2) is 0 Å². The number of carbonyl (C=O) groups is 2. The number of phenols is 1. The summed E-state index contributed by atoms with van der Waals surface area (Å²) in [4.78, 5) is 21.9. The molecule has 2 aromatic rings. The van der Waals surface area contributed by atoms with Crippen LogP contribution in [0.2, 0.25) is 5.02 Å². The third kappa shape index (κ3) is 3.80. The van der Waals surface area contributed by atoms with E-state index in [1.54, 1.807) is 18.2 Å². The van der Waals surface area contributed by atoms with Crippen LogP contribution in [0.3, 0.4) is 0 Å². The zero-order valence-electron chi connectivity index (χ0n) is 11.9. The first-order chi connectivity index (χ1) is 10.8. The Morgan fingerprint density at radius 2 is 1.87 bits per heavy atom. The fraction of sp³-hybridized carbons (Fsp3) is 0.125. The Bertz CT molecular complexity index is 775. The molecule has 1 atom stereocenters. The number of aromatic hydroxyl groups is 1. The van der Waals surface area contributed by atoms with E-state index < -0.39 is 18.0 Å². The molecule has 7 heteroatoms. The van der Waals surface area contributed by atoms with Crippen LogP contribution in [-0.4, -0.2) is 33.3 Å². The molecule has 0 aromatic heterocycles. The van der Waals surface area contributed by atoms with E-state index in [0.717, 1.165) is 0 Å². The Balaban J connectivity index is 2.49. The van der Waals surface area contributed by atoms with Crippen LogP contribution in [0, 0.1) is 0 Å². The summed E-state index contributed by atoms with van der Waals surface area (Å²) in [5, 5.41) is 28.1. The highest BCUT2D eigenvalue weighted by Gasteiger charge is 2.16. The minimum Gasteiger partial charge on any atom is -0.506 e. The lowest BCUT2D eigenvalue weighted by molar-refractivity contribution is -0.138. The maximum atomic E-state index is 11.1. The van der Waals surface area contributed by atoms with E-state index in [4.69, 9.17) is 27.5 Å². The van der Waals surface area contributed by atoms with Crippen LogP contribution in [0.4, 0.5) is 0 Å². The van der Waals surface area contributed by atoms with E-state index in [1.807, 2.05) is 0 Å². The van der Waals surface area contributed by atoms with E-state index in [1.165, 1.54) is 18.2 Å². The molecule has 0 heterocycles. The van der Waals surface area contributed by atoms with Gasteiger partial charge in [0.05, 0.1) is 10.6 Å². The Labute approximate surface area is 136 Å². The van der Waals surface area contributed by atoms with Crippen LogP contribution in [0.1, 0.15) is 15.9 Å². The molecule has 1 unspecified atom stereocenters. The van der Waals surface area contributed by atoms with Gasteiger partial charge in [-0.05, 0) is 41.8 Å². The Morgan fingerprint density at radius 3 is 2.48 bits per heavy atom. The number of aromatic carboxylic acids is 1. The number of hydrogen-bond acceptors (Lipinski definition) is 4. The second-order valence-corrected chi connectivity index (χ2v) is 5.42. The van der Waals surface area contributed by atoms with Crippen molar-refractivity contribution >= 4 is 23.5 Å². The first-order valence-electron chi connectivity index (χ1n) is 6.63. The number of phenolic OH excluding ortho intramolecular Hbond substituents is 1. The van der Waals surface area contributed by atoms with Crippen molar-refractivity contribution in [3.05, 3.63) is 52.5 Å². The number of carboxylic acids is 2. The highest BCUT2D eigenvalue weighted by atomic mass is 35.5. The van der Waals surface area contributed by atoms with Gasteiger partial charge in [-0.2, -0.15) is 0 Å². The van der Waals surface area contributed by atoms with Gasteiger partial charge in [0.2, 0.25) is 0 Å². The molecule has 23 heavy (non-hydrogen) atoms. The molecule has 0 aliphatic carbocycles. The number of halogens is 1. The van der Waals surface area contributed by atoms with Crippen molar-refractivity contribution in [2.45, 2.75) is 12.5 Å². The van der Waals surface area contributed by atoms with E-state index >= 15 is 0 Å². The van der Waals surface area contributed by atoms with Gasteiger partial charge in [-0.15, -0.1) is 0 Å². The Kier molecular flexibility index (Phi) is 4.88. The van der Waals surface area contributed by atoms with Crippen LogP contribution < -0.4 is 5.73 Å². The van der Waals surface area contributed by atoms with E-state index in [-0.39, 0.29) is 22.8 Å². The number of aliphatic carboxylic acids is 1. The molecule has 0 saturated heterocycles. The molecular weight excluding hydrogens is 322 g/mol. The third-order valence-electron chi connectivity index (χ3n) is 3.32. The summed E-state index contributed by atoms with van der Waals surface area (Å²) >= 11 is 5.98. The van der Waals surface area contributed by atoms with Crippen molar-refractivity contribution in [1.82, 2.24) is 0 Å². The number of benzene rings is 2. The number of nitrogens with two attached hydrogens (primary N) is 1. The van der Waals surface area contributed by atoms with Gasteiger partial charge in [-0.25, -0.2) is 4.79 Å². The Morgan fingerprint density at radius 1 is 1.17 bits per heavy atom. The molecule has 5 N–H and O–H groups in total. The minimum atomic E-state index is -1.15. The second kappa shape index (κ2) is 6.68. The number of rotatable bonds is 5. The monoisotopic (exact) mass is 335 g/mol. The van der Waals surface area contributed by atoms with Gasteiger partial charge in [0.1, 0.15) is 11.8 Å². The summed E-state index contributed by atoms with van der Waals surface area (Å²) in [7, 11) is 0. The van der Waals surface area contributed by atoms with Crippen LogP contribution >= 0.6 is 11.6 Å². The molecule has 0 aliphatic heterocycles. The normalized spacial score (nSPS) is 11.9. The first-order valence-corrected chi connectivity index (χ1v) is 7.01. The van der Waals surface area contributed by atoms with Crippen molar-refractivity contribution in [1.29, 1.82) is 0 Å². The quantitative estimate of drug-likeness (QED) is 0.665. The Hall–Kier alpha value is -2.57. The topological polar surface area (TPSA) is 121 Å². The highest BCUT2D eigenvalue weighted by molar-refractivity contribution is 6.32. The highest BCUT2D eigenvalue weighted by Crippen LogP contribution is 2.37. The molecule has 0 amide bonds. The molecule has 0 aliphatic rings. The van der Waals surface area contributed by atoms with Gasteiger partial charge in [-0.3, -0.25) is 4.79 Å². The molecule has 0 radical (unpaired) electrons. The number of hydrogen-bond donors (Lipinski definition) is 4. The molecule has 120 valence electrons. The van der Waals surface area contributed by atoms with Crippen LogP contribution in [0.25, 0.3) is 11.1 Å². The van der Waals surface area contributed by atoms with Crippen molar-refractivity contribution < 1.29 is 24.9 Å². The van der Waals surface area contributed by atoms with E-state index in [2.05, 4.69) is 0 Å². The van der Waals surface area contributed by atoms with Gasteiger partial charge < -0.3 is 21.1 Å². The summed E-state index contributed by atoms with van der Waals surface area (Å²) in [6.07, 6.45) is 0.0287. The van der Waals surface area contributed by atoms with Crippen LogP contribution in [0.5, 0.6) is 5.75 Å². The maximum Gasteiger partial charge on any atom is 0.335 e. The molecular formula is C16H14ClNO5. The van der Waals surface area contributed by atoms with Crippen molar-refractivity contribution in [2.75, 3.05) is 0 Å². The van der Waals surface area contributed by atoms with Crippen molar-refractivity contribution in [2.24, 2.45) is 5.73 Å². The number of carboxylic acid groups (broad SMARTS) is 2. The lowest BCUT2D eigenvalue weighted by Gasteiger charge is -2.12. The third-order valence-corrected chi connectivity index (χ3v) is 3.60. The fourth-order valence-corrected chi connectivity index (χ4v) is 2.40. The first kappa shape index (κ1) is 16.8.